The maximum absolute atomic E-state index is 11.4. The minimum Gasteiger partial charge on any atom is -0.476 e. The van der Waals surface area contributed by atoms with Crippen molar-refractivity contribution in [2.45, 2.75) is 52.7 Å². The van der Waals surface area contributed by atoms with E-state index in [-0.39, 0.29) is 22.4 Å². The van der Waals surface area contributed by atoms with Gasteiger partial charge in [-0.05, 0) is 41.5 Å². The molecule has 0 aliphatic heterocycles. The molecule has 3 amide bonds. The maximum Gasteiger partial charge on any atom is 0.413 e. The molecule has 2 rings (SSSR count). The monoisotopic (exact) mass is 501 g/mol. The van der Waals surface area contributed by atoms with Gasteiger partial charge in [-0.3, -0.25) is 15.4 Å². The van der Waals surface area contributed by atoms with Crippen LogP contribution < -0.4 is 16.0 Å². The van der Waals surface area contributed by atoms with Crippen LogP contribution in [0.25, 0.3) is 0 Å². The quantitative estimate of drug-likeness (QED) is 0.483. The predicted octanol–water partition coefficient (Wildman–Crippen LogP) is 4.04. The number of anilines is 2. The number of rotatable bonds is 4. The van der Waals surface area contributed by atoms with E-state index in [9.17, 15) is 19.2 Å². The summed E-state index contributed by atoms with van der Waals surface area (Å²) < 4.78 is 10.0. The van der Waals surface area contributed by atoms with Gasteiger partial charge in [0.25, 0.3) is 5.91 Å². The van der Waals surface area contributed by atoms with Crippen LogP contribution >= 0.6 is 22.7 Å². The minimum absolute atomic E-state index is 0.101. The van der Waals surface area contributed by atoms with Crippen molar-refractivity contribution in [1.29, 1.82) is 0 Å². The van der Waals surface area contributed by atoms with Crippen LogP contribution in [0.1, 0.15) is 62.5 Å². The van der Waals surface area contributed by atoms with Crippen LogP contribution in [0, 0.1) is 0 Å². The van der Waals surface area contributed by atoms with Gasteiger partial charge in [0.1, 0.15) is 16.9 Å². The molecule has 2 heterocycles. The molecule has 0 aliphatic rings. The molecule has 0 aliphatic carbocycles. The molecule has 0 bridgehead atoms. The number of carbonyl (C=O) groups is 4. The number of hydrogen-bond donors (Lipinski definition) is 4. The number of carboxylic acids is 1. The van der Waals surface area contributed by atoms with Gasteiger partial charge in [-0.2, -0.15) is 0 Å². The number of carboxylic acid groups (broad SMARTS) is 1. The number of amides is 3. The highest BCUT2D eigenvalue weighted by Crippen LogP contribution is 2.18. The highest BCUT2D eigenvalue weighted by molar-refractivity contribution is 7.14. The Morgan fingerprint density at radius 3 is 1.55 bits per heavy atom. The molecule has 0 radical (unpaired) electrons. The molecule has 0 aromatic carbocycles. The zero-order valence-electron chi connectivity index (χ0n) is 19.3. The Bertz CT molecular complexity index is 989. The molecule has 33 heavy (non-hydrogen) atoms. The van der Waals surface area contributed by atoms with Crippen LogP contribution in [-0.2, 0) is 9.47 Å². The molecule has 2 aromatic heterocycles. The third-order valence-corrected chi connectivity index (χ3v) is 4.42. The normalized spacial score (nSPS) is 10.9. The molecule has 2 aromatic rings. The zero-order valence-corrected chi connectivity index (χ0v) is 20.9. The van der Waals surface area contributed by atoms with Crippen molar-refractivity contribution in [3.63, 3.8) is 0 Å². The van der Waals surface area contributed by atoms with Gasteiger partial charge in [-0.1, -0.05) is 0 Å². The third kappa shape index (κ3) is 11.2. The molecular formula is C19H27N5O7S2. The summed E-state index contributed by atoms with van der Waals surface area (Å²) in [5.41, 5.74) is -0.998. The second kappa shape index (κ2) is 11.6. The lowest BCUT2D eigenvalue weighted by molar-refractivity contribution is 0.0624. The second-order valence-corrected chi connectivity index (χ2v) is 9.93. The summed E-state index contributed by atoms with van der Waals surface area (Å²) in [6.07, 6.45) is -1.24. The van der Waals surface area contributed by atoms with Gasteiger partial charge >= 0.3 is 18.2 Å². The first-order chi connectivity index (χ1) is 15.1. The molecule has 0 unspecified atom stereocenters. The average Bonchev–Trinajstić information content (AvgIpc) is 3.28. The van der Waals surface area contributed by atoms with E-state index in [1.54, 1.807) is 46.9 Å². The molecular weight excluding hydrogens is 474 g/mol. The van der Waals surface area contributed by atoms with E-state index in [0.29, 0.717) is 5.13 Å². The number of nitrogens with zero attached hydrogens (tertiary/aromatic N) is 2. The van der Waals surface area contributed by atoms with Crippen molar-refractivity contribution in [3.8, 4) is 0 Å². The number of carbonyl (C=O) groups excluding carboxylic acids is 3. The van der Waals surface area contributed by atoms with Gasteiger partial charge in [-0.15, -0.1) is 22.7 Å². The van der Waals surface area contributed by atoms with Gasteiger partial charge in [0.2, 0.25) is 0 Å². The van der Waals surface area contributed by atoms with E-state index in [2.05, 4.69) is 25.9 Å². The second-order valence-electron chi connectivity index (χ2n) is 8.21. The minimum atomic E-state index is -1.13. The average molecular weight is 502 g/mol. The third-order valence-electron chi connectivity index (χ3n) is 2.90. The molecule has 0 saturated carbocycles. The first kappa shape index (κ1) is 27.8. The molecule has 4 N–H and O–H groups in total. The number of aromatic carboxylic acids is 1. The lowest BCUT2D eigenvalue weighted by Crippen LogP contribution is -2.27. The summed E-state index contributed by atoms with van der Waals surface area (Å²) in [5.74, 6) is -1.42. The van der Waals surface area contributed by atoms with E-state index < -0.39 is 29.4 Å². The first-order valence-electron chi connectivity index (χ1n) is 9.46. The Morgan fingerprint density at radius 2 is 1.21 bits per heavy atom. The molecule has 12 nitrogen and oxygen atoms in total. The van der Waals surface area contributed by atoms with Gasteiger partial charge in [0, 0.05) is 17.8 Å². The summed E-state index contributed by atoms with van der Waals surface area (Å²) in [4.78, 5) is 52.1. The molecule has 0 fully saturated rings. The largest absolute Gasteiger partial charge is 0.476 e. The SMILES string of the molecule is CC(C)(C)OC(=O)Nc1nc(C(=O)O)cs1.CNC(=O)c1csc(NC(=O)OC(C)(C)C)n1. The van der Waals surface area contributed by atoms with Crippen LogP contribution in [0.3, 0.4) is 0 Å². The van der Waals surface area contributed by atoms with Gasteiger partial charge < -0.3 is 19.9 Å². The lowest BCUT2D eigenvalue weighted by Gasteiger charge is -2.18. The van der Waals surface area contributed by atoms with E-state index in [4.69, 9.17) is 14.6 Å². The van der Waals surface area contributed by atoms with Crippen molar-refractivity contribution in [1.82, 2.24) is 15.3 Å². The summed E-state index contributed by atoms with van der Waals surface area (Å²) >= 11 is 2.19. The standard InChI is InChI=1S/C10H15N3O3S.C9H12N2O4S/c1-10(2,3)16-9(15)13-8-12-6(5-17-8)7(14)11-4;1-9(2,3)15-8(14)11-7-10-5(4-16-7)6(12)13/h5H,1-4H3,(H,11,14)(H,12,13,15);4H,1-3H3,(H,12,13)(H,10,11,14). The fraction of sp³-hybridized carbons (Fsp3) is 0.474. The number of thiazole rings is 2. The Kier molecular flexibility index (Phi) is 9.73. The van der Waals surface area contributed by atoms with Crippen LogP contribution in [0.5, 0.6) is 0 Å². The summed E-state index contributed by atoms with van der Waals surface area (Å²) in [6, 6.07) is 0. The Balaban J connectivity index is 0.000000331. The number of hydrogen-bond acceptors (Lipinski definition) is 10. The van der Waals surface area contributed by atoms with Crippen LogP contribution in [0.4, 0.5) is 19.9 Å². The van der Waals surface area contributed by atoms with Gasteiger partial charge in [-0.25, -0.2) is 24.4 Å². The number of nitrogens with one attached hydrogen (secondary N) is 3. The summed E-state index contributed by atoms with van der Waals surface area (Å²) in [5, 5.41) is 19.3. The van der Waals surface area contributed by atoms with Crippen LogP contribution in [-0.4, -0.2) is 57.4 Å². The Labute approximate surface area is 198 Å². The predicted molar refractivity (Wildman–Crippen MR) is 124 cm³/mol. The smallest absolute Gasteiger partial charge is 0.413 e. The number of ether oxygens (including phenoxy) is 2. The fourth-order valence-electron chi connectivity index (χ4n) is 1.77. The van der Waals surface area contributed by atoms with E-state index >= 15 is 0 Å². The topological polar surface area (TPSA) is 169 Å². The van der Waals surface area contributed by atoms with Crippen LogP contribution in [0.2, 0.25) is 0 Å². The van der Waals surface area contributed by atoms with E-state index in [0.717, 1.165) is 22.7 Å². The van der Waals surface area contributed by atoms with Gasteiger partial charge in [0.05, 0.1) is 0 Å². The Morgan fingerprint density at radius 1 is 0.818 bits per heavy atom. The maximum atomic E-state index is 11.4. The lowest BCUT2D eigenvalue weighted by atomic mass is 10.2. The fourth-order valence-corrected chi connectivity index (χ4v) is 3.12. The highest BCUT2D eigenvalue weighted by Gasteiger charge is 2.19. The molecule has 14 heteroatoms. The van der Waals surface area contributed by atoms with Crippen molar-refractivity contribution in [3.05, 3.63) is 22.1 Å². The highest BCUT2D eigenvalue weighted by atomic mass is 32.1. The molecule has 0 saturated heterocycles. The van der Waals surface area contributed by atoms with Gasteiger partial charge in [0.15, 0.2) is 16.0 Å². The summed E-state index contributed by atoms with van der Waals surface area (Å²) in [7, 11) is 1.52. The molecule has 0 atom stereocenters. The van der Waals surface area contributed by atoms with Crippen LogP contribution in [0.15, 0.2) is 10.8 Å². The van der Waals surface area contributed by atoms with Crippen molar-refractivity contribution in [2.75, 3.05) is 17.7 Å². The molecule has 182 valence electrons. The molecule has 0 spiro atoms. The van der Waals surface area contributed by atoms with Crippen molar-refractivity contribution < 1.29 is 33.8 Å². The van der Waals surface area contributed by atoms with E-state index in [1.807, 2.05) is 0 Å². The first-order valence-corrected chi connectivity index (χ1v) is 11.2. The number of aromatic nitrogens is 2. The Hall–Kier alpha value is -3.26. The van der Waals surface area contributed by atoms with Crippen molar-refractivity contribution >= 4 is 57.0 Å². The van der Waals surface area contributed by atoms with E-state index in [1.165, 1.54) is 12.4 Å². The zero-order chi connectivity index (χ0) is 25.4. The van der Waals surface area contributed by atoms with Crippen molar-refractivity contribution in [2.24, 2.45) is 0 Å². The summed E-state index contributed by atoms with van der Waals surface area (Å²) in [6.45, 7) is 10.5.